The summed E-state index contributed by atoms with van der Waals surface area (Å²) < 4.78 is 39.3. The van der Waals surface area contributed by atoms with Crippen LogP contribution >= 0.6 is 0 Å². The molecule has 2 fully saturated rings. The van der Waals surface area contributed by atoms with Crippen LogP contribution in [0.3, 0.4) is 0 Å². The lowest BCUT2D eigenvalue weighted by Gasteiger charge is -2.39. The minimum Gasteiger partial charge on any atom is -0.395 e. The van der Waals surface area contributed by atoms with Gasteiger partial charge in [-0.1, -0.05) is 12.1 Å². The van der Waals surface area contributed by atoms with Gasteiger partial charge in [-0.15, -0.1) is 0 Å². The predicted octanol–water partition coefficient (Wildman–Crippen LogP) is 4.45. The van der Waals surface area contributed by atoms with Gasteiger partial charge in [0.05, 0.1) is 29.1 Å². The Balaban J connectivity index is 1.49. The number of alkyl halides is 3. The highest BCUT2D eigenvalue weighted by Crippen LogP contribution is 2.33. The Kier molecular flexibility index (Phi) is 6.77. The number of carbonyl (C=O) groups excluding carboxylic acids is 1. The van der Waals surface area contributed by atoms with Crippen molar-refractivity contribution >= 4 is 5.91 Å². The third-order valence-electron chi connectivity index (χ3n) is 6.95. The number of aromatic nitrogens is 1. The Hall–Kier alpha value is -2.45. The van der Waals surface area contributed by atoms with Crippen molar-refractivity contribution in [3.8, 4) is 11.3 Å². The molecule has 178 valence electrons. The van der Waals surface area contributed by atoms with Crippen LogP contribution in [0.4, 0.5) is 13.2 Å². The van der Waals surface area contributed by atoms with Crippen molar-refractivity contribution in [2.45, 2.75) is 57.8 Å². The van der Waals surface area contributed by atoms with Crippen LogP contribution in [0.25, 0.3) is 11.3 Å². The maximum absolute atomic E-state index is 13.3. The fourth-order valence-corrected chi connectivity index (χ4v) is 5.25. The molecule has 1 aromatic heterocycles. The Bertz CT molecular complexity index is 993. The van der Waals surface area contributed by atoms with Crippen LogP contribution < -0.4 is 0 Å². The summed E-state index contributed by atoms with van der Waals surface area (Å²) in [6, 6.07) is 7.40. The Labute approximate surface area is 192 Å². The number of piperidine rings is 1. The SMILES string of the molecule is Cc1cc(-c2cccc(C(F)(F)F)c2)nc(C)c1C(=O)N1CCC(N2CCC[C@H]2CO)CC1. The van der Waals surface area contributed by atoms with E-state index >= 15 is 0 Å². The fraction of sp³-hybridized carbons (Fsp3) is 0.520. The monoisotopic (exact) mass is 461 g/mol. The zero-order valence-electron chi connectivity index (χ0n) is 19.0. The molecular weight excluding hydrogens is 431 g/mol. The van der Waals surface area contributed by atoms with E-state index in [9.17, 15) is 23.1 Å². The van der Waals surface area contributed by atoms with Crippen molar-refractivity contribution in [3.05, 3.63) is 52.7 Å². The van der Waals surface area contributed by atoms with Crippen molar-refractivity contribution in [3.63, 3.8) is 0 Å². The number of aryl methyl sites for hydroxylation is 2. The van der Waals surface area contributed by atoms with Gasteiger partial charge in [0.15, 0.2) is 0 Å². The second-order valence-corrected chi connectivity index (χ2v) is 9.10. The number of halogens is 3. The molecule has 1 amide bonds. The van der Waals surface area contributed by atoms with Crippen LogP contribution in [0.2, 0.25) is 0 Å². The zero-order valence-corrected chi connectivity index (χ0v) is 19.0. The van der Waals surface area contributed by atoms with Gasteiger partial charge in [0, 0.05) is 30.7 Å². The van der Waals surface area contributed by atoms with Gasteiger partial charge in [-0.3, -0.25) is 14.7 Å². The molecule has 1 N–H and O–H groups in total. The predicted molar refractivity (Wildman–Crippen MR) is 120 cm³/mol. The van der Waals surface area contributed by atoms with Crippen LogP contribution in [-0.2, 0) is 6.18 Å². The van der Waals surface area contributed by atoms with E-state index in [1.165, 1.54) is 6.07 Å². The van der Waals surface area contributed by atoms with Gasteiger partial charge in [0.25, 0.3) is 5.91 Å². The Morgan fingerprint density at radius 1 is 1.12 bits per heavy atom. The van der Waals surface area contributed by atoms with Crippen molar-refractivity contribution < 1.29 is 23.1 Å². The topological polar surface area (TPSA) is 56.7 Å². The Morgan fingerprint density at radius 3 is 2.48 bits per heavy atom. The molecule has 2 saturated heterocycles. The number of hydrogen-bond donors (Lipinski definition) is 1. The molecule has 3 heterocycles. The first-order chi connectivity index (χ1) is 15.7. The number of pyridine rings is 1. The molecule has 8 heteroatoms. The number of carbonyl (C=O) groups is 1. The van der Waals surface area contributed by atoms with E-state index in [2.05, 4.69) is 9.88 Å². The number of amides is 1. The minimum absolute atomic E-state index is 0.0772. The summed E-state index contributed by atoms with van der Waals surface area (Å²) in [4.78, 5) is 22.0. The highest BCUT2D eigenvalue weighted by atomic mass is 19.4. The van der Waals surface area contributed by atoms with Crippen LogP contribution in [0, 0.1) is 13.8 Å². The number of aliphatic hydroxyl groups excluding tert-OH is 1. The molecule has 0 saturated carbocycles. The van der Waals surface area contributed by atoms with E-state index in [4.69, 9.17) is 0 Å². The molecule has 0 radical (unpaired) electrons. The number of hydrogen-bond acceptors (Lipinski definition) is 4. The van der Waals surface area contributed by atoms with E-state index in [-0.39, 0.29) is 18.6 Å². The summed E-state index contributed by atoms with van der Waals surface area (Å²) in [5, 5.41) is 9.61. The van der Waals surface area contributed by atoms with Crippen LogP contribution in [0.1, 0.15) is 52.9 Å². The molecule has 2 aliphatic heterocycles. The number of benzene rings is 1. The van der Waals surface area contributed by atoms with Crippen LogP contribution in [-0.4, -0.2) is 64.1 Å². The first kappa shape index (κ1) is 23.7. The third kappa shape index (κ3) is 4.92. The maximum Gasteiger partial charge on any atom is 0.416 e. The molecule has 0 unspecified atom stereocenters. The largest absolute Gasteiger partial charge is 0.416 e. The van der Waals surface area contributed by atoms with Gasteiger partial charge < -0.3 is 10.0 Å². The number of aliphatic hydroxyl groups is 1. The number of likely N-dealkylation sites (tertiary alicyclic amines) is 2. The molecule has 1 atom stereocenters. The molecule has 2 aromatic rings. The number of nitrogens with zero attached hydrogens (tertiary/aromatic N) is 3. The highest BCUT2D eigenvalue weighted by molar-refractivity contribution is 5.97. The fourth-order valence-electron chi connectivity index (χ4n) is 5.25. The lowest BCUT2D eigenvalue weighted by Crippen LogP contribution is -2.49. The molecule has 4 rings (SSSR count). The smallest absolute Gasteiger partial charge is 0.395 e. The summed E-state index contributed by atoms with van der Waals surface area (Å²) in [7, 11) is 0. The molecule has 2 aliphatic rings. The molecule has 5 nitrogen and oxygen atoms in total. The van der Waals surface area contributed by atoms with E-state index in [1.807, 2.05) is 11.8 Å². The second-order valence-electron chi connectivity index (χ2n) is 9.10. The average Bonchev–Trinajstić information content (AvgIpc) is 3.27. The molecule has 0 spiro atoms. The van der Waals surface area contributed by atoms with Crippen molar-refractivity contribution in [1.29, 1.82) is 0 Å². The first-order valence-corrected chi connectivity index (χ1v) is 11.5. The van der Waals surface area contributed by atoms with Crippen LogP contribution in [0.5, 0.6) is 0 Å². The van der Waals surface area contributed by atoms with Crippen molar-refractivity contribution in [1.82, 2.24) is 14.8 Å². The summed E-state index contributed by atoms with van der Waals surface area (Å²) >= 11 is 0. The molecular formula is C25H30F3N3O2. The number of rotatable bonds is 4. The van der Waals surface area contributed by atoms with Gasteiger partial charge in [0.2, 0.25) is 0 Å². The van der Waals surface area contributed by atoms with Crippen molar-refractivity contribution in [2.24, 2.45) is 0 Å². The quantitative estimate of drug-likeness (QED) is 0.731. The third-order valence-corrected chi connectivity index (χ3v) is 6.95. The lowest BCUT2D eigenvalue weighted by molar-refractivity contribution is -0.137. The van der Waals surface area contributed by atoms with Gasteiger partial charge in [-0.25, -0.2) is 0 Å². The summed E-state index contributed by atoms with van der Waals surface area (Å²) in [6.45, 7) is 6.02. The molecule has 0 aliphatic carbocycles. The summed E-state index contributed by atoms with van der Waals surface area (Å²) in [5.41, 5.74) is 1.84. The first-order valence-electron chi connectivity index (χ1n) is 11.5. The normalized spacial score (nSPS) is 20.4. The minimum atomic E-state index is -4.42. The van der Waals surface area contributed by atoms with Gasteiger partial charge in [-0.2, -0.15) is 13.2 Å². The summed E-state index contributed by atoms with van der Waals surface area (Å²) in [6.07, 6.45) is -0.550. The van der Waals surface area contributed by atoms with E-state index < -0.39 is 11.7 Å². The van der Waals surface area contributed by atoms with E-state index in [0.717, 1.165) is 44.4 Å². The van der Waals surface area contributed by atoms with E-state index in [1.54, 1.807) is 19.1 Å². The lowest BCUT2D eigenvalue weighted by atomic mass is 9.98. The second kappa shape index (κ2) is 9.43. The van der Waals surface area contributed by atoms with Gasteiger partial charge >= 0.3 is 6.18 Å². The summed E-state index contributed by atoms with van der Waals surface area (Å²) in [5.74, 6) is -0.0772. The Morgan fingerprint density at radius 2 is 1.85 bits per heavy atom. The molecule has 33 heavy (non-hydrogen) atoms. The van der Waals surface area contributed by atoms with E-state index in [0.29, 0.717) is 47.2 Å². The zero-order chi connectivity index (χ0) is 23.8. The van der Waals surface area contributed by atoms with Gasteiger partial charge in [-0.05, 0) is 69.8 Å². The molecule has 0 bridgehead atoms. The molecule has 1 aromatic carbocycles. The van der Waals surface area contributed by atoms with Crippen molar-refractivity contribution in [2.75, 3.05) is 26.2 Å². The van der Waals surface area contributed by atoms with Gasteiger partial charge in [0.1, 0.15) is 0 Å². The maximum atomic E-state index is 13.3. The average molecular weight is 462 g/mol. The highest BCUT2D eigenvalue weighted by Gasteiger charge is 2.34. The standard InChI is InChI=1S/C25H30F3N3O2/c1-16-13-22(18-5-3-6-19(14-18)25(26,27)28)29-17(2)23(16)24(33)30-11-8-20(9-12-30)31-10-4-7-21(31)15-32/h3,5-6,13-14,20-21,32H,4,7-12,15H2,1-2H3/t21-/m0/s1. The van der Waals surface area contributed by atoms with Crippen LogP contribution in [0.15, 0.2) is 30.3 Å².